The predicted octanol–water partition coefficient (Wildman–Crippen LogP) is 2.22. The van der Waals surface area contributed by atoms with Gasteiger partial charge in [-0.3, -0.25) is 4.79 Å². The van der Waals surface area contributed by atoms with Crippen LogP contribution in [0.2, 0.25) is 0 Å². The van der Waals surface area contributed by atoms with E-state index in [1.54, 1.807) is 32.9 Å². The number of carbonyl (C=O) groups excluding carboxylic acids is 1. The van der Waals surface area contributed by atoms with Crippen LogP contribution in [0.1, 0.15) is 26.3 Å². The van der Waals surface area contributed by atoms with Gasteiger partial charge < -0.3 is 15.3 Å². The number of halogens is 1. The van der Waals surface area contributed by atoms with Crippen molar-refractivity contribution in [2.24, 2.45) is 0 Å². The molecule has 0 aliphatic rings. The average Bonchev–Trinajstić information content (AvgIpc) is 2.31. The van der Waals surface area contributed by atoms with E-state index >= 15 is 0 Å². The first-order valence-corrected chi connectivity index (χ1v) is 6.22. The Hall–Kier alpha value is -2.11. The second-order valence-electron chi connectivity index (χ2n) is 5.44. The number of nitrogens with one attached hydrogen (secondary N) is 1. The Balaban J connectivity index is 2.69. The molecule has 0 atom stereocenters. The van der Waals surface area contributed by atoms with E-state index in [4.69, 9.17) is 5.11 Å². The zero-order valence-electron chi connectivity index (χ0n) is 11.8. The van der Waals surface area contributed by atoms with Crippen molar-refractivity contribution in [1.82, 2.24) is 10.2 Å². The summed E-state index contributed by atoms with van der Waals surface area (Å²) in [5.74, 6) is -1.46. The lowest BCUT2D eigenvalue weighted by molar-refractivity contribution is -0.138. The molecule has 1 rings (SSSR count). The molecule has 1 aromatic carbocycles. The van der Waals surface area contributed by atoms with Crippen molar-refractivity contribution < 1.29 is 19.1 Å². The first-order chi connectivity index (χ1) is 9.20. The second kappa shape index (κ2) is 6.36. The van der Waals surface area contributed by atoms with E-state index in [9.17, 15) is 14.0 Å². The normalized spacial score (nSPS) is 11.0. The van der Waals surface area contributed by atoms with Crippen molar-refractivity contribution in [2.75, 3.05) is 6.54 Å². The zero-order valence-corrected chi connectivity index (χ0v) is 11.8. The standard InChI is InChI=1S/C14H19FN2O3/c1-14(2,3)17(9-12(18)19)13(20)16-8-10-5-4-6-11(15)7-10/h4-7H,8-9H2,1-3H3,(H,16,20)(H,18,19). The number of urea groups is 1. The molecule has 0 unspecified atom stereocenters. The summed E-state index contributed by atoms with van der Waals surface area (Å²) in [5.41, 5.74) is -0.00717. The fourth-order valence-corrected chi connectivity index (χ4v) is 1.67. The van der Waals surface area contributed by atoms with Crippen LogP contribution in [0, 0.1) is 5.82 Å². The second-order valence-corrected chi connectivity index (χ2v) is 5.44. The number of carboxylic acids is 1. The molecule has 0 saturated carbocycles. The lowest BCUT2D eigenvalue weighted by atomic mass is 10.1. The SMILES string of the molecule is CC(C)(C)N(CC(=O)O)C(=O)NCc1cccc(F)c1. The summed E-state index contributed by atoms with van der Waals surface area (Å²) >= 11 is 0. The van der Waals surface area contributed by atoms with Gasteiger partial charge in [0, 0.05) is 12.1 Å². The summed E-state index contributed by atoms with van der Waals surface area (Å²) in [7, 11) is 0. The van der Waals surface area contributed by atoms with Crippen LogP contribution in [0.4, 0.5) is 9.18 Å². The van der Waals surface area contributed by atoms with Crippen molar-refractivity contribution in [1.29, 1.82) is 0 Å². The molecule has 2 amide bonds. The molecule has 0 saturated heterocycles. The van der Waals surface area contributed by atoms with Crippen LogP contribution < -0.4 is 5.32 Å². The summed E-state index contributed by atoms with van der Waals surface area (Å²) in [6.07, 6.45) is 0. The van der Waals surface area contributed by atoms with Crippen LogP contribution in [-0.4, -0.2) is 34.1 Å². The van der Waals surface area contributed by atoms with Gasteiger partial charge in [-0.2, -0.15) is 0 Å². The van der Waals surface area contributed by atoms with E-state index in [0.29, 0.717) is 5.56 Å². The molecule has 0 aliphatic carbocycles. The monoisotopic (exact) mass is 282 g/mol. The van der Waals surface area contributed by atoms with E-state index in [2.05, 4.69) is 5.32 Å². The summed E-state index contributed by atoms with van der Waals surface area (Å²) in [4.78, 5) is 24.1. The number of carboxylic acid groups (broad SMARTS) is 1. The van der Waals surface area contributed by atoms with Crippen LogP contribution in [-0.2, 0) is 11.3 Å². The number of hydrogen-bond acceptors (Lipinski definition) is 2. The molecule has 20 heavy (non-hydrogen) atoms. The van der Waals surface area contributed by atoms with Gasteiger partial charge in [0.1, 0.15) is 12.4 Å². The molecule has 0 aromatic heterocycles. The lowest BCUT2D eigenvalue weighted by Crippen LogP contribution is -2.52. The molecule has 0 bridgehead atoms. The fraction of sp³-hybridized carbons (Fsp3) is 0.429. The predicted molar refractivity (Wildman–Crippen MR) is 72.7 cm³/mol. The Bertz CT molecular complexity index is 497. The van der Waals surface area contributed by atoms with E-state index in [-0.39, 0.29) is 12.4 Å². The molecule has 5 nitrogen and oxygen atoms in total. The highest BCUT2D eigenvalue weighted by Crippen LogP contribution is 2.13. The first kappa shape index (κ1) is 15.9. The van der Waals surface area contributed by atoms with Gasteiger partial charge in [-0.15, -0.1) is 0 Å². The smallest absolute Gasteiger partial charge is 0.323 e. The minimum Gasteiger partial charge on any atom is -0.480 e. The number of rotatable bonds is 4. The number of aliphatic carboxylic acids is 1. The Kier molecular flexibility index (Phi) is 5.07. The maximum atomic E-state index is 13.0. The molecule has 2 N–H and O–H groups in total. The molecule has 110 valence electrons. The third-order valence-electron chi connectivity index (χ3n) is 2.68. The van der Waals surface area contributed by atoms with Crippen LogP contribution in [0.3, 0.4) is 0 Å². The quantitative estimate of drug-likeness (QED) is 0.889. The zero-order chi connectivity index (χ0) is 15.3. The molecule has 0 spiro atoms. The van der Waals surface area contributed by atoms with Gasteiger partial charge in [0.2, 0.25) is 0 Å². The van der Waals surface area contributed by atoms with E-state index < -0.39 is 24.1 Å². The molecule has 0 aliphatic heterocycles. The van der Waals surface area contributed by atoms with Gasteiger partial charge in [0.05, 0.1) is 0 Å². The van der Waals surface area contributed by atoms with Crippen LogP contribution in [0.25, 0.3) is 0 Å². The summed E-state index contributed by atoms with van der Waals surface area (Å²) < 4.78 is 13.0. The first-order valence-electron chi connectivity index (χ1n) is 6.22. The third-order valence-corrected chi connectivity index (χ3v) is 2.68. The van der Waals surface area contributed by atoms with E-state index in [1.807, 2.05) is 0 Å². The van der Waals surface area contributed by atoms with Gasteiger partial charge in [0.25, 0.3) is 0 Å². The maximum Gasteiger partial charge on any atom is 0.323 e. The number of carbonyl (C=O) groups is 2. The minimum absolute atomic E-state index is 0.142. The van der Waals surface area contributed by atoms with Crippen LogP contribution in [0.5, 0.6) is 0 Å². The maximum absolute atomic E-state index is 13.0. The fourth-order valence-electron chi connectivity index (χ4n) is 1.67. The van der Waals surface area contributed by atoms with Gasteiger partial charge in [-0.05, 0) is 38.5 Å². The number of nitrogens with zero attached hydrogens (tertiary/aromatic N) is 1. The van der Waals surface area contributed by atoms with Crippen molar-refractivity contribution in [2.45, 2.75) is 32.9 Å². The topological polar surface area (TPSA) is 69.6 Å². The van der Waals surface area contributed by atoms with Gasteiger partial charge in [-0.25, -0.2) is 9.18 Å². The molecular formula is C14H19FN2O3. The Morgan fingerprint density at radius 2 is 2.00 bits per heavy atom. The van der Waals surface area contributed by atoms with Gasteiger partial charge >= 0.3 is 12.0 Å². The molecular weight excluding hydrogens is 263 g/mol. The summed E-state index contributed by atoms with van der Waals surface area (Å²) in [6.45, 7) is 4.99. The van der Waals surface area contributed by atoms with Crippen LogP contribution in [0.15, 0.2) is 24.3 Å². The molecule has 1 aromatic rings. The minimum atomic E-state index is -1.08. The molecule has 6 heteroatoms. The molecule has 0 radical (unpaired) electrons. The number of hydrogen-bond donors (Lipinski definition) is 2. The largest absolute Gasteiger partial charge is 0.480 e. The summed E-state index contributed by atoms with van der Waals surface area (Å²) in [6, 6.07) is 5.37. The Morgan fingerprint density at radius 3 is 2.50 bits per heavy atom. The van der Waals surface area contributed by atoms with Crippen molar-refractivity contribution in [3.63, 3.8) is 0 Å². The summed E-state index contributed by atoms with van der Waals surface area (Å²) in [5, 5.41) is 11.4. The van der Waals surface area contributed by atoms with Crippen molar-refractivity contribution >= 4 is 12.0 Å². The van der Waals surface area contributed by atoms with Gasteiger partial charge in [-0.1, -0.05) is 12.1 Å². The van der Waals surface area contributed by atoms with Crippen molar-refractivity contribution in [3.05, 3.63) is 35.6 Å². The highest BCUT2D eigenvalue weighted by molar-refractivity contribution is 5.80. The average molecular weight is 282 g/mol. The highest BCUT2D eigenvalue weighted by atomic mass is 19.1. The number of amides is 2. The molecule has 0 fully saturated rings. The Morgan fingerprint density at radius 1 is 1.35 bits per heavy atom. The van der Waals surface area contributed by atoms with Crippen molar-refractivity contribution in [3.8, 4) is 0 Å². The third kappa shape index (κ3) is 4.87. The number of benzene rings is 1. The van der Waals surface area contributed by atoms with E-state index in [1.165, 1.54) is 17.0 Å². The lowest BCUT2D eigenvalue weighted by Gasteiger charge is -2.34. The Labute approximate surface area is 117 Å². The molecule has 0 heterocycles. The highest BCUT2D eigenvalue weighted by Gasteiger charge is 2.28. The van der Waals surface area contributed by atoms with Crippen LogP contribution >= 0.6 is 0 Å². The van der Waals surface area contributed by atoms with E-state index in [0.717, 1.165) is 0 Å². The van der Waals surface area contributed by atoms with Gasteiger partial charge in [0.15, 0.2) is 0 Å².